The Labute approximate surface area is 176 Å². The first kappa shape index (κ1) is 21.1. The van der Waals surface area contributed by atoms with Gasteiger partial charge in [-0.05, 0) is 49.9 Å². The first-order valence-corrected chi connectivity index (χ1v) is 10.9. The number of aryl methyl sites for hydroxylation is 2. The molecule has 3 aromatic rings. The van der Waals surface area contributed by atoms with Gasteiger partial charge in [0.05, 0.1) is 17.0 Å². The molecule has 0 aliphatic rings. The van der Waals surface area contributed by atoms with Crippen molar-refractivity contribution in [3.05, 3.63) is 71.5 Å². The average Bonchev–Trinajstić information content (AvgIpc) is 3.18. The quantitative estimate of drug-likeness (QED) is 0.532. The molecule has 0 aliphatic heterocycles. The summed E-state index contributed by atoms with van der Waals surface area (Å²) in [4.78, 5) is 12.9. The molecule has 0 fully saturated rings. The Morgan fingerprint density at radius 3 is 2.66 bits per heavy atom. The Bertz CT molecular complexity index is 955. The van der Waals surface area contributed by atoms with Crippen LogP contribution in [0.1, 0.15) is 49.4 Å². The monoisotopic (exact) mass is 408 g/mol. The normalized spacial score (nSPS) is 13.1. The fourth-order valence-corrected chi connectivity index (χ4v) is 4.09. The van der Waals surface area contributed by atoms with Crippen molar-refractivity contribution >= 4 is 17.7 Å². The van der Waals surface area contributed by atoms with Crippen LogP contribution in [0.25, 0.3) is 5.69 Å². The van der Waals surface area contributed by atoms with Crippen molar-refractivity contribution in [2.45, 2.75) is 57.0 Å². The molecular weight excluding hydrogens is 380 g/mol. The second-order valence-corrected chi connectivity index (χ2v) is 8.60. The lowest BCUT2D eigenvalue weighted by Gasteiger charge is -2.21. The number of rotatable bonds is 8. The van der Waals surface area contributed by atoms with E-state index >= 15 is 0 Å². The lowest BCUT2D eigenvalue weighted by atomic mass is 10.0. The molecule has 1 aromatic heterocycles. The van der Waals surface area contributed by atoms with Gasteiger partial charge >= 0.3 is 0 Å². The molecule has 0 unspecified atom stereocenters. The van der Waals surface area contributed by atoms with E-state index in [0.717, 1.165) is 29.7 Å². The van der Waals surface area contributed by atoms with E-state index in [0.29, 0.717) is 5.16 Å². The Kier molecular flexibility index (Phi) is 7.09. The first-order chi connectivity index (χ1) is 14.0. The summed E-state index contributed by atoms with van der Waals surface area (Å²) in [5, 5.41) is 12.0. The van der Waals surface area contributed by atoms with Crippen molar-refractivity contribution in [2.75, 3.05) is 0 Å². The number of aromatic nitrogens is 3. The van der Waals surface area contributed by atoms with Gasteiger partial charge in [-0.25, -0.2) is 0 Å². The highest BCUT2D eigenvalue weighted by molar-refractivity contribution is 8.00. The predicted octanol–water partition coefficient (Wildman–Crippen LogP) is 5.02. The van der Waals surface area contributed by atoms with E-state index in [1.165, 1.54) is 17.3 Å². The number of carbonyl (C=O) groups excluding carboxylic acids is 1. The zero-order valence-electron chi connectivity index (χ0n) is 17.4. The third-order valence-electron chi connectivity index (χ3n) is 4.89. The predicted molar refractivity (Wildman–Crippen MR) is 118 cm³/mol. The molecule has 1 amide bonds. The second-order valence-electron chi connectivity index (χ2n) is 7.29. The van der Waals surface area contributed by atoms with Gasteiger partial charge in [-0.2, -0.15) is 0 Å². The van der Waals surface area contributed by atoms with E-state index in [1.54, 1.807) is 6.33 Å². The number of nitrogens with one attached hydrogen (secondary N) is 1. The lowest BCUT2D eigenvalue weighted by Crippen LogP contribution is -2.34. The molecule has 0 saturated heterocycles. The van der Waals surface area contributed by atoms with Crippen LogP contribution in [-0.2, 0) is 4.79 Å². The molecule has 29 heavy (non-hydrogen) atoms. The molecule has 1 heterocycles. The summed E-state index contributed by atoms with van der Waals surface area (Å²) in [5.74, 6) is 0.00724. The number of hydrogen-bond acceptors (Lipinski definition) is 4. The molecule has 0 saturated carbocycles. The van der Waals surface area contributed by atoms with E-state index < -0.39 is 0 Å². The van der Waals surface area contributed by atoms with Crippen LogP contribution in [-0.4, -0.2) is 25.9 Å². The Balaban J connectivity index is 1.73. The van der Waals surface area contributed by atoms with Crippen LogP contribution < -0.4 is 5.32 Å². The first-order valence-electron chi connectivity index (χ1n) is 9.99. The van der Waals surface area contributed by atoms with Crippen LogP contribution in [0.5, 0.6) is 0 Å². The van der Waals surface area contributed by atoms with Crippen molar-refractivity contribution in [3.63, 3.8) is 0 Å². The van der Waals surface area contributed by atoms with Gasteiger partial charge in [0, 0.05) is 0 Å². The molecular formula is C23H28N4OS. The zero-order valence-corrected chi connectivity index (χ0v) is 18.2. The third kappa shape index (κ3) is 5.26. The minimum Gasteiger partial charge on any atom is -0.348 e. The minimum absolute atomic E-state index is 0.00724. The maximum absolute atomic E-state index is 12.9. The van der Waals surface area contributed by atoms with Gasteiger partial charge in [0.2, 0.25) is 5.91 Å². The number of hydrogen-bond donors (Lipinski definition) is 1. The topological polar surface area (TPSA) is 59.8 Å². The number of amides is 1. The summed E-state index contributed by atoms with van der Waals surface area (Å²) in [6.45, 7) is 8.17. The van der Waals surface area contributed by atoms with Crippen molar-refractivity contribution in [2.24, 2.45) is 0 Å². The van der Waals surface area contributed by atoms with Crippen molar-refractivity contribution in [3.8, 4) is 5.69 Å². The zero-order chi connectivity index (χ0) is 20.8. The Morgan fingerprint density at radius 2 is 1.93 bits per heavy atom. The van der Waals surface area contributed by atoms with Gasteiger partial charge in [0.1, 0.15) is 6.33 Å². The molecule has 1 N–H and O–H groups in total. The molecule has 152 valence electrons. The fraction of sp³-hybridized carbons (Fsp3) is 0.348. The number of benzene rings is 2. The number of nitrogens with zero attached hydrogens (tertiary/aromatic N) is 3. The molecule has 0 radical (unpaired) electrons. The van der Waals surface area contributed by atoms with E-state index in [4.69, 9.17) is 0 Å². The highest BCUT2D eigenvalue weighted by Crippen LogP contribution is 2.27. The summed E-state index contributed by atoms with van der Waals surface area (Å²) >= 11 is 1.43. The van der Waals surface area contributed by atoms with E-state index in [1.807, 2.05) is 29.7 Å². The third-order valence-corrected chi connectivity index (χ3v) is 5.94. The average molecular weight is 409 g/mol. The molecule has 5 nitrogen and oxygen atoms in total. The number of carbonyl (C=O) groups is 1. The standard InChI is InChI=1S/C23H28N4OS/c1-5-9-20(19-10-7-6-8-11-19)25-22(28)18(4)29-23-26-24-15-27(23)21-14-16(2)12-13-17(21)3/h6-8,10-15,18,20H,5,9H2,1-4H3,(H,25,28)/t18-,20-/m0/s1. The summed E-state index contributed by atoms with van der Waals surface area (Å²) in [6.07, 6.45) is 3.62. The largest absolute Gasteiger partial charge is 0.348 e. The van der Waals surface area contributed by atoms with Gasteiger partial charge in [0.25, 0.3) is 0 Å². The van der Waals surface area contributed by atoms with Gasteiger partial charge in [-0.3, -0.25) is 9.36 Å². The van der Waals surface area contributed by atoms with Gasteiger partial charge in [0.15, 0.2) is 5.16 Å². The van der Waals surface area contributed by atoms with E-state index in [9.17, 15) is 4.79 Å². The molecule has 0 aliphatic carbocycles. The van der Waals surface area contributed by atoms with Gasteiger partial charge in [-0.1, -0.05) is 67.6 Å². The van der Waals surface area contributed by atoms with Crippen molar-refractivity contribution in [1.82, 2.24) is 20.1 Å². The van der Waals surface area contributed by atoms with Crippen LogP contribution in [0.4, 0.5) is 0 Å². The van der Waals surface area contributed by atoms with Gasteiger partial charge in [-0.15, -0.1) is 10.2 Å². The number of thioether (sulfide) groups is 1. The molecule has 2 aromatic carbocycles. The van der Waals surface area contributed by atoms with E-state index in [-0.39, 0.29) is 17.2 Å². The van der Waals surface area contributed by atoms with Crippen LogP contribution in [0, 0.1) is 13.8 Å². The summed E-state index contributed by atoms with van der Waals surface area (Å²) in [5.41, 5.74) is 4.49. The lowest BCUT2D eigenvalue weighted by molar-refractivity contribution is -0.121. The molecule has 3 rings (SSSR count). The van der Waals surface area contributed by atoms with Crippen LogP contribution >= 0.6 is 11.8 Å². The smallest absolute Gasteiger partial charge is 0.233 e. The SMILES string of the molecule is CCC[C@H](NC(=O)[C@H](C)Sc1nncn1-c1cc(C)ccc1C)c1ccccc1. The highest BCUT2D eigenvalue weighted by atomic mass is 32.2. The minimum atomic E-state index is -0.286. The fourth-order valence-electron chi connectivity index (χ4n) is 3.25. The Hall–Kier alpha value is -2.60. The molecule has 6 heteroatoms. The van der Waals surface area contributed by atoms with Crippen molar-refractivity contribution in [1.29, 1.82) is 0 Å². The summed E-state index contributed by atoms with van der Waals surface area (Å²) < 4.78 is 1.96. The van der Waals surface area contributed by atoms with E-state index in [2.05, 4.69) is 66.6 Å². The Morgan fingerprint density at radius 1 is 1.17 bits per heavy atom. The highest BCUT2D eigenvalue weighted by Gasteiger charge is 2.22. The maximum atomic E-state index is 12.9. The van der Waals surface area contributed by atoms with Crippen molar-refractivity contribution < 1.29 is 4.79 Å². The van der Waals surface area contributed by atoms with Crippen LogP contribution in [0.3, 0.4) is 0 Å². The molecule has 0 spiro atoms. The second kappa shape index (κ2) is 9.74. The summed E-state index contributed by atoms with van der Waals surface area (Å²) in [7, 11) is 0. The summed E-state index contributed by atoms with van der Waals surface area (Å²) in [6, 6.07) is 16.4. The van der Waals surface area contributed by atoms with Crippen LogP contribution in [0.15, 0.2) is 60.0 Å². The maximum Gasteiger partial charge on any atom is 0.233 e. The molecule has 0 bridgehead atoms. The van der Waals surface area contributed by atoms with Crippen LogP contribution in [0.2, 0.25) is 0 Å². The van der Waals surface area contributed by atoms with Gasteiger partial charge < -0.3 is 5.32 Å². The molecule has 2 atom stereocenters.